The normalized spacial score (nSPS) is 21.7. The van der Waals surface area contributed by atoms with Crippen molar-refractivity contribution in [2.24, 2.45) is 0 Å². The van der Waals surface area contributed by atoms with E-state index in [1.165, 1.54) is 0 Å². The number of piperazine rings is 1. The second-order valence-electron chi connectivity index (χ2n) is 6.15. The summed E-state index contributed by atoms with van der Waals surface area (Å²) in [6.07, 6.45) is 3.73. The summed E-state index contributed by atoms with van der Waals surface area (Å²) in [5, 5.41) is 5.39. The van der Waals surface area contributed by atoms with Gasteiger partial charge in [-0.05, 0) is 0 Å². The van der Waals surface area contributed by atoms with Crippen molar-refractivity contribution in [2.75, 3.05) is 51.3 Å². The number of anilines is 1. The summed E-state index contributed by atoms with van der Waals surface area (Å²) >= 11 is 0. The molecule has 3 rings (SSSR count). The number of carbonyl (C=O) groups is 2. The van der Waals surface area contributed by atoms with Gasteiger partial charge in [0.05, 0.1) is 25.7 Å². The van der Waals surface area contributed by atoms with Gasteiger partial charge in [-0.1, -0.05) is 0 Å². The number of nitrogens with one attached hydrogen (secondary N) is 2. The van der Waals surface area contributed by atoms with Crippen LogP contribution in [0.5, 0.6) is 0 Å². The number of carbonyl (C=O) groups excluding carboxylic acids is 2. The van der Waals surface area contributed by atoms with Crippen LogP contribution < -0.4 is 15.5 Å². The molecule has 0 bridgehead atoms. The van der Waals surface area contributed by atoms with Crippen LogP contribution in [-0.4, -0.2) is 79.2 Å². The molecule has 0 spiro atoms. The Morgan fingerprint density at radius 2 is 2.04 bits per heavy atom. The first-order valence-corrected chi connectivity index (χ1v) is 8.53. The van der Waals surface area contributed by atoms with Crippen LogP contribution >= 0.6 is 0 Å². The Balaban J connectivity index is 1.64. The van der Waals surface area contributed by atoms with Crippen LogP contribution in [0, 0.1) is 0 Å². The van der Waals surface area contributed by atoms with Crippen LogP contribution in [0.25, 0.3) is 0 Å². The van der Waals surface area contributed by atoms with Crippen LogP contribution in [0.4, 0.5) is 5.95 Å². The minimum absolute atomic E-state index is 0.110. The van der Waals surface area contributed by atoms with Crippen molar-refractivity contribution in [3.63, 3.8) is 0 Å². The van der Waals surface area contributed by atoms with Crippen LogP contribution in [0.15, 0.2) is 12.4 Å². The van der Waals surface area contributed by atoms with Gasteiger partial charge in [0.25, 0.3) is 0 Å². The van der Waals surface area contributed by atoms with Gasteiger partial charge in [-0.15, -0.1) is 0 Å². The highest BCUT2D eigenvalue weighted by molar-refractivity contribution is 5.88. The lowest BCUT2D eigenvalue weighted by Crippen LogP contribution is -2.56. The lowest BCUT2D eigenvalue weighted by atomic mass is 10.1. The van der Waals surface area contributed by atoms with Crippen molar-refractivity contribution in [3.05, 3.63) is 18.0 Å². The van der Waals surface area contributed by atoms with Crippen LogP contribution in [0.1, 0.15) is 12.0 Å². The van der Waals surface area contributed by atoms with Crippen molar-refractivity contribution in [1.82, 2.24) is 25.5 Å². The van der Waals surface area contributed by atoms with Crippen LogP contribution in [-0.2, 0) is 20.9 Å². The monoisotopic (exact) mass is 348 g/mol. The first kappa shape index (κ1) is 17.6. The zero-order valence-electron chi connectivity index (χ0n) is 14.4. The third-order valence-corrected chi connectivity index (χ3v) is 4.47. The number of morpholine rings is 1. The number of aromatic nitrogens is 2. The minimum atomic E-state index is -0.465. The third kappa shape index (κ3) is 4.43. The summed E-state index contributed by atoms with van der Waals surface area (Å²) in [4.78, 5) is 36.8. The molecular weight excluding hydrogens is 324 g/mol. The summed E-state index contributed by atoms with van der Waals surface area (Å²) in [5.74, 6) is 0.442. The molecule has 1 aromatic rings. The van der Waals surface area contributed by atoms with Gasteiger partial charge in [-0.2, -0.15) is 0 Å². The molecule has 0 aromatic carbocycles. The molecule has 1 unspecified atom stereocenters. The van der Waals surface area contributed by atoms with Crippen LogP contribution in [0.3, 0.4) is 0 Å². The van der Waals surface area contributed by atoms with Gasteiger partial charge in [0.2, 0.25) is 17.8 Å². The fourth-order valence-corrected chi connectivity index (χ4v) is 3.04. The highest BCUT2D eigenvalue weighted by Crippen LogP contribution is 2.15. The Hall–Kier alpha value is -2.26. The van der Waals surface area contributed by atoms with Gasteiger partial charge < -0.3 is 20.3 Å². The average molecular weight is 348 g/mol. The Morgan fingerprint density at radius 3 is 2.72 bits per heavy atom. The van der Waals surface area contributed by atoms with Crippen molar-refractivity contribution >= 4 is 17.8 Å². The summed E-state index contributed by atoms with van der Waals surface area (Å²) in [7, 11) is 1.58. The first-order chi connectivity index (χ1) is 12.2. The van der Waals surface area contributed by atoms with E-state index in [9.17, 15) is 9.59 Å². The van der Waals surface area contributed by atoms with E-state index in [0.29, 0.717) is 38.8 Å². The SMILES string of the molecule is CNC(=O)CC1C(=O)NCCN1Cc1cnc(N2CCOCC2)nc1. The summed E-state index contributed by atoms with van der Waals surface area (Å²) in [5.41, 5.74) is 0.925. The predicted molar refractivity (Wildman–Crippen MR) is 91.0 cm³/mol. The second kappa shape index (κ2) is 8.21. The number of amides is 2. The second-order valence-corrected chi connectivity index (χ2v) is 6.15. The third-order valence-electron chi connectivity index (χ3n) is 4.47. The quantitative estimate of drug-likeness (QED) is 0.686. The highest BCUT2D eigenvalue weighted by atomic mass is 16.5. The van der Waals surface area contributed by atoms with Gasteiger partial charge in [0, 0.05) is 57.7 Å². The van der Waals surface area contributed by atoms with E-state index in [2.05, 4.69) is 25.5 Å². The Kier molecular flexibility index (Phi) is 5.77. The molecule has 9 nitrogen and oxygen atoms in total. The van der Waals surface area contributed by atoms with Crippen molar-refractivity contribution in [3.8, 4) is 0 Å². The molecule has 9 heteroatoms. The number of rotatable bonds is 5. The fourth-order valence-electron chi connectivity index (χ4n) is 3.04. The average Bonchev–Trinajstić information content (AvgIpc) is 2.65. The topological polar surface area (TPSA) is 99.7 Å². The van der Waals surface area contributed by atoms with Gasteiger partial charge in [0.1, 0.15) is 0 Å². The van der Waals surface area contributed by atoms with E-state index in [1.54, 1.807) is 19.4 Å². The Bertz CT molecular complexity index is 602. The molecule has 136 valence electrons. The van der Waals surface area contributed by atoms with Gasteiger partial charge in [-0.3, -0.25) is 14.5 Å². The van der Waals surface area contributed by atoms with E-state index in [1.807, 2.05) is 4.90 Å². The molecule has 2 N–H and O–H groups in total. The molecule has 2 saturated heterocycles. The van der Waals surface area contributed by atoms with Crippen molar-refractivity contribution in [2.45, 2.75) is 19.0 Å². The molecular formula is C16H24N6O3. The van der Waals surface area contributed by atoms with E-state index >= 15 is 0 Å². The molecule has 2 aliphatic rings. The van der Waals surface area contributed by atoms with Gasteiger partial charge in [-0.25, -0.2) is 9.97 Å². The molecule has 25 heavy (non-hydrogen) atoms. The molecule has 0 radical (unpaired) electrons. The molecule has 0 saturated carbocycles. The Morgan fingerprint density at radius 1 is 1.32 bits per heavy atom. The van der Waals surface area contributed by atoms with Crippen LogP contribution in [0.2, 0.25) is 0 Å². The lowest BCUT2D eigenvalue weighted by Gasteiger charge is -2.34. The number of hydrogen-bond donors (Lipinski definition) is 2. The van der Waals surface area contributed by atoms with Crippen molar-refractivity contribution < 1.29 is 14.3 Å². The fraction of sp³-hybridized carbons (Fsp3) is 0.625. The highest BCUT2D eigenvalue weighted by Gasteiger charge is 2.31. The molecule has 1 aromatic heterocycles. The smallest absolute Gasteiger partial charge is 0.237 e. The molecule has 2 amide bonds. The molecule has 2 aliphatic heterocycles. The summed E-state index contributed by atoms with van der Waals surface area (Å²) in [6, 6.07) is -0.465. The molecule has 0 aliphatic carbocycles. The maximum atomic E-state index is 12.1. The Labute approximate surface area is 146 Å². The zero-order chi connectivity index (χ0) is 17.6. The van der Waals surface area contributed by atoms with E-state index in [0.717, 1.165) is 18.7 Å². The maximum absolute atomic E-state index is 12.1. The lowest BCUT2D eigenvalue weighted by molar-refractivity contribution is -0.134. The number of ether oxygens (including phenoxy) is 1. The zero-order valence-corrected chi connectivity index (χ0v) is 14.4. The maximum Gasteiger partial charge on any atom is 0.237 e. The number of hydrogen-bond acceptors (Lipinski definition) is 7. The number of nitrogens with zero attached hydrogens (tertiary/aromatic N) is 4. The molecule has 3 heterocycles. The largest absolute Gasteiger partial charge is 0.378 e. The first-order valence-electron chi connectivity index (χ1n) is 8.53. The van der Waals surface area contributed by atoms with E-state index in [-0.39, 0.29) is 18.2 Å². The van der Waals surface area contributed by atoms with Gasteiger partial charge >= 0.3 is 0 Å². The molecule has 2 fully saturated rings. The standard InChI is InChI=1S/C16H24N6O3/c1-17-14(23)8-13-15(24)18-2-3-22(13)11-12-9-19-16(20-10-12)21-4-6-25-7-5-21/h9-10,13H,2-8,11H2,1H3,(H,17,23)(H,18,24). The summed E-state index contributed by atoms with van der Waals surface area (Å²) < 4.78 is 5.33. The van der Waals surface area contributed by atoms with E-state index in [4.69, 9.17) is 4.74 Å². The minimum Gasteiger partial charge on any atom is -0.378 e. The van der Waals surface area contributed by atoms with Gasteiger partial charge in [0.15, 0.2) is 0 Å². The van der Waals surface area contributed by atoms with Crippen molar-refractivity contribution in [1.29, 1.82) is 0 Å². The molecule has 1 atom stereocenters. The predicted octanol–water partition coefficient (Wildman–Crippen LogP) is -1.25. The van der Waals surface area contributed by atoms with E-state index < -0.39 is 6.04 Å². The summed E-state index contributed by atoms with van der Waals surface area (Å²) in [6.45, 7) is 4.77.